The molecule has 0 spiro atoms. The van der Waals surface area contributed by atoms with E-state index in [0.717, 1.165) is 16.7 Å². The van der Waals surface area contributed by atoms with Gasteiger partial charge in [0.05, 0.1) is 24.9 Å². The molecule has 0 bridgehead atoms. The molecule has 1 aromatic heterocycles. The number of nitrogens with one attached hydrogen (secondary N) is 1. The zero-order valence-electron chi connectivity index (χ0n) is 14.9. The second-order valence-electron chi connectivity index (χ2n) is 6.05. The summed E-state index contributed by atoms with van der Waals surface area (Å²) in [5.41, 5.74) is 3.89. The SMILES string of the molecule is CCOCc1ccc(CNC(=O)c2cnn(Cc3ccccc3)c2)cc1. The smallest absolute Gasteiger partial charge is 0.254 e. The molecule has 0 aliphatic carbocycles. The molecule has 134 valence electrons. The predicted octanol–water partition coefficient (Wildman–Crippen LogP) is 3.40. The van der Waals surface area contributed by atoms with Crippen LogP contribution in [0.2, 0.25) is 0 Å². The minimum absolute atomic E-state index is 0.122. The van der Waals surface area contributed by atoms with Crippen molar-refractivity contribution >= 4 is 5.91 Å². The van der Waals surface area contributed by atoms with Gasteiger partial charge in [0.15, 0.2) is 0 Å². The Kier molecular flexibility index (Phi) is 6.17. The Morgan fingerprint density at radius 3 is 2.50 bits per heavy atom. The molecule has 2 aromatic carbocycles. The van der Waals surface area contributed by atoms with E-state index in [1.165, 1.54) is 0 Å². The van der Waals surface area contributed by atoms with Gasteiger partial charge >= 0.3 is 0 Å². The van der Waals surface area contributed by atoms with E-state index in [1.807, 2.05) is 61.5 Å². The number of benzene rings is 2. The van der Waals surface area contributed by atoms with Crippen molar-refractivity contribution in [3.05, 3.63) is 89.2 Å². The van der Waals surface area contributed by atoms with Crippen molar-refractivity contribution < 1.29 is 9.53 Å². The standard InChI is InChI=1S/C21H23N3O2/c1-2-26-16-19-10-8-17(9-11-19)12-22-21(25)20-13-23-24(15-20)14-18-6-4-3-5-7-18/h3-11,13,15H,2,12,14,16H2,1H3,(H,22,25). The highest BCUT2D eigenvalue weighted by atomic mass is 16.5. The zero-order valence-corrected chi connectivity index (χ0v) is 14.9. The molecule has 0 aliphatic rings. The van der Waals surface area contributed by atoms with Crippen LogP contribution in [0.4, 0.5) is 0 Å². The minimum atomic E-state index is -0.122. The summed E-state index contributed by atoms with van der Waals surface area (Å²) in [7, 11) is 0. The van der Waals surface area contributed by atoms with Crippen molar-refractivity contribution in [3.63, 3.8) is 0 Å². The van der Waals surface area contributed by atoms with E-state index < -0.39 is 0 Å². The first-order chi connectivity index (χ1) is 12.7. The fraction of sp³-hybridized carbons (Fsp3) is 0.238. The van der Waals surface area contributed by atoms with Crippen molar-refractivity contribution in [1.82, 2.24) is 15.1 Å². The quantitative estimate of drug-likeness (QED) is 0.678. The number of ether oxygens (including phenoxy) is 1. The Bertz CT molecular complexity index is 826. The van der Waals surface area contributed by atoms with Crippen molar-refractivity contribution in [1.29, 1.82) is 0 Å². The third kappa shape index (κ3) is 5.04. The van der Waals surface area contributed by atoms with Gasteiger partial charge < -0.3 is 10.1 Å². The lowest BCUT2D eigenvalue weighted by Crippen LogP contribution is -2.22. The van der Waals surface area contributed by atoms with E-state index in [0.29, 0.717) is 31.9 Å². The van der Waals surface area contributed by atoms with Crippen LogP contribution in [0.3, 0.4) is 0 Å². The minimum Gasteiger partial charge on any atom is -0.377 e. The number of nitrogens with zero attached hydrogens (tertiary/aromatic N) is 2. The molecular formula is C21H23N3O2. The molecule has 1 amide bonds. The Balaban J connectivity index is 1.52. The summed E-state index contributed by atoms with van der Waals surface area (Å²) >= 11 is 0. The second kappa shape index (κ2) is 8.97. The van der Waals surface area contributed by atoms with Crippen LogP contribution in [-0.4, -0.2) is 22.3 Å². The topological polar surface area (TPSA) is 56.1 Å². The van der Waals surface area contributed by atoms with Crippen LogP contribution < -0.4 is 5.32 Å². The summed E-state index contributed by atoms with van der Waals surface area (Å²) in [6, 6.07) is 18.1. The molecule has 26 heavy (non-hydrogen) atoms. The maximum absolute atomic E-state index is 12.3. The van der Waals surface area contributed by atoms with Crippen LogP contribution in [0.15, 0.2) is 67.0 Å². The lowest BCUT2D eigenvalue weighted by atomic mass is 10.1. The van der Waals surface area contributed by atoms with Gasteiger partial charge in [-0.1, -0.05) is 54.6 Å². The Morgan fingerprint density at radius 2 is 1.77 bits per heavy atom. The third-order valence-electron chi connectivity index (χ3n) is 4.03. The molecule has 0 radical (unpaired) electrons. The lowest BCUT2D eigenvalue weighted by molar-refractivity contribution is 0.0950. The van der Waals surface area contributed by atoms with Gasteiger partial charge in [0.1, 0.15) is 0 Å². The van der Waals surface area contributed by atoms with Crippen LogP contribution in [-0.2, 0) is 24.4 Å². The summed E-state index contributed by atoms with van der Waals surface area (Å²) in [5, 5.41) is 7.20. The van der Waals surface area contributed by atoms with Crippen LogP contribution in [0, 0.1) is 0 Å². The van der Waals surface area contributed by atoms with Gasteiger partial charge in [-0.25, -0.2) is 0 Å². The fourth-order valence-corrected chi connectivity index (χ4v) is 2.60. The average Bonchev–Trinajstić information content (AvgIpc) is 3.14. The normalized spacial score (nSPS) is 10.7. The van der Waals surface area contributed by atoms with E-state index in [9.17, 15) is 4.79 Å². The molecule has 0 fully saturated rings. The van der Waals surface area contributed by atoms with Gasteiger partial charge in [0, 0.05) is 19.3 Å². The van der Waals surface area contributed by atoms with Gasteiger partial charge in [-0.3, -0.25) is 9.48 Å². The molecule has 0 saturated carbocycles. The third-order valence-corrected chi connectivity index (χ3v) is 4.03. The van der Waals surface area contributed by atoms with E-state index in [2.05, 4.69) is 10.4 Å². The Hall–Kier alpha value is -2.92. The van der Waals surface area contributed by atoms with Gasteiger partial charge in [-0.2, -0.15) is 5.10 Å². The van der Waals surface area contributed by atoms with E-state index in [4.69, 9.17) is 4.74 Å². The Labute approximate surface area is 153 Å². The summed E-state index contributed by atoms with van der Waals surface area (Å²) < 4.78 is 7.15. The largest absolute Gasteiger partial charge is 0.377 e. The van der Waals surface area contributed by atoms with Crippen LogP contribution >= 0.6 is 0 Å². The molecule has 0 saturated heterocycles. The first kappa shape index (κ1) is 17.9. The van der Waals surface area contributed by atoms with Crippen LogP contribution in [0.5, 0.6) is 0 Å². The summed E-state index contributed by atoms with van der Waals surface area (Å²) in [6.07, 6.45) is 3.37. The lowest BCUT2D eigenvalue weighted by Gasteiger charge is -2.06. The van der Waals surface area contributed by atoms with Crippen molar-refractivity contribution in [2.24, 2.45) is 0 Å². The van der Waals surface area contributed by atoms with Gasteiger partial charge in [0.25, 0.3) is 5.91 Å². The highest BCUT2D eigenvalue weighted by Gasteiger charge is 2.08. The van der Waals surface area contributed by atoms with Gasteiger partial charge in [-0.15, -0.1) is 0 Å². The summed E-state index contributed by atoms with van der Waals surface area (Å²) in [4.78, 5) is 12.3. The highest BCUT2D eigenvalue weighted by molar-refractivity contribution is 5.93. The molecule has 3 rings (SSSR count). The molecule has 0 atom stereocenters. The molecule has 0 unspecified atom stereocenters. The maximum atomic E-state index is 12.3. The second-order valence-corrected chi connectivity index (χ2v) is 6.05. The monoisotopic (exact) mass is 349 g/mol. The Morgan fingerprint density at radius 1 is 1.04 bits per heavy atom. The molecule has 5 nitrogen and oxygen atoms in total. The zero-order chi connectivity index (χ0) is 18.2. The molecule has 1 N–H and O–H groups in total. The van der Waals surface area contributed by atoms with Crippen LogP contribution in [0.25, 0.3) is 0 Å². The van der Waals surface area contributed by atoms with Crippen molar-refractivity contribution in [2.75, 3.05) is 6.61 Å². The van der Waals surface area contributed by atoms with Gasteiger partial charge in [-0.05, 0) is 23.6 Å². The molecule has 0 aliphatic heterocycles. The first-order valence-corrected chi connectivity index (χ1v) is 8.74. The number of hydrogen-bond donors (Lipinski definition) is 1. The summed E-state index contributed by atoms with van der Waals surface area (Å²) in [6.45, 7) is 4.43. The maximum Gasteiger partial charge on any atom is 0.254 e. The number of carbonyl (C=O) groups is 1. The molecule has 5 heteroatoms. The van der Waals surface area contributed by atoms with E-state index in [1.54, 1.807) is 17.1 Å². The number of carbonyl (C=O) groups excluding carboxylic acids is 1. The molecule has 3 aromatic rings. The summed E-state index contributed by atoms with van der Waals surface area (Å²) in [5.74, 6) is -0.122. The number of amides is 1. The van der Waals surface area contributed by atoms with E-state index in [-0.39, 0.29) is 5.91 Å². The molecular weight excluding hydrogens is 326 g/mol. The van der Waals surface area contributed by atoms with Crippen molar-refractivity contribution in [2.45, 2.75) is 26.6 Å². The highest BCUT2D eigenvalue weighted by Crippen LogP contribution is 2.07. The number of hydrogen-bond acceptors (Lipinski definition) is 3. The predicted molar refractivity (Wildman–Crippen MR) is 101 cm³/mol. The first-order valence-electron chi connectivity index (χ1n) is 8.74. The molecule has 1 heterocycles. The average molecular weight is 349 g/mol. The number of rotatable bonds is 8. The van der Waals surface area contributed by atoms with Gasteiger partial charge in [0.2, 0.25) is 0 Å². The van der Waals surface area contributed by atoms with Crippen molar-refractivity contribution in [3.8, 4) is 0 Å². The van der Waals surface area contributed by atoms with E-state index >= 15 is 0 Å². The number of aromatic nitrogens is 2. The van der Waals surface area contributed by atoms with Crippen LogP contribution in [0.1, 0.15) is 34.0 Å². The fourth-order valence-electron chi connectivity index (χ4n) is 2.60.